The highest BCUT2D eigenvalue weighted by atomic mass is 19.3. The van der Waals surface area contributed by atoms with E-state index in [9.17, 15) is 18.0 Å². The van der Waals surface area contributed by atoms with Crippen molar-refractivity contribution in [2.45, 2.75) is 13.1 Å². The topological polar surface area (TPSA) is 50.2 Å². The summed E-state index contributed by atoms with van der Waals surface area (Å²) >= 11 is 0. The summed E-state index contributed by atoms with van der Waals surface area (Å²) in [4.78, 5) is 13.7. The molecule has 0 spiro atoms. The van der Waals surface area contributed by atoms with Crippen LogP contribution in [-0.2, 0) is 6.67 Å². The zero-order chi connectivity index (χ0) is 10.7. The fraction of sp³-hybridized carbons (Fsp3) is 0.250. The Morgan fingerprint density at radius 1 is 1.50 bits per heavy atom. The van der Waals surface area contributed by atoms with Crippen molar-refractivity contribution in [3.63, 3.8) is 0 Å². The van der Waals surface area contributed by atoms with Crippen molar-refractivity contribution < 1.29 is 23.1 Å². The van der Waals surface area contributed by atoms with Gasteiger partial charge in [0, 0.05) is 0 Å². The molecular formula is C8H6F3NO2. The maximum absolute atomic E-state index is 12.2. The van der Waals surface area contributed by atoms with Crippen molar-refractivity contribution in [3.8, 4) is 0 Å². The molecule has 0 aromatic carbocycles. The molecule has 76 valence electrons. The summed E-state index contributed by atoms with van der Waals surface area (Å²) in [5.74, 6) is -1.38. The lowest BCUT2D eigenvalue weighted by Crippen LogP contribution is -2.05. The molecule has 0 bridgehead atoms. The van der Waals surface area contributed by atoms with E-state index < -0.39 is 36.0 Å². The van der Waals surface area contributed by atoms with Crippen LogP contribution in [0.15, 0.2) is 12.1 Å². The molecule has 1 rings (SSSR count). The zero-order valence-electron chi connectivity index (χ0n) is 6.88. The minimum atomic E-state index is -2.83. The maximum Gasteiger partial charge on any atom is 0.337 e. The number of hydrogen-bond donors (Lipinski definition) is 1. The molecule has 0 unspecified atom stereocenters. The molecular weight excluding hydrogens is 199 g/mol. The fourth-order valence-electron chi connectivity index (χ4n) is 0.936. The molecule has 1 aromatic heterocycles. The van der Waals surface area contributed by atoms with Crippen molar-refractivity contribution in [1.29, 1.82) is 0 Å². The first-order valence-electron chi connectivity index (χ1n) is 3.63. The lowest BCUT2D eigenvalue weighted by molar-refractivity contribution is 0.0693. The van der Waals surface area contributed by atoms with Crippen LogP contribution in [0.1, 0.15) is 28.2 Å². The molecule has 0 aliphatic carbocycles. The third kappa shape index (κ3) is 2.01. The van der Waals surface area contributed by atoms with Crippen molar-refractivity contribution in [3.05, 3.63) is 29.1 Å². The van der Waals surface area contributed by atoms with E-state index in [1.54, 1.807) is 0 Å². The molecule has 14 heavy (non-hydrogen) atoms. The summed E-state index contributed by atoms with van der Waals surface area (Å²) in [6.07, 6.45) is -2.83. The van der Waals surface area contributed by atoms with E-state index in [0.717, 1.165) is 12.1 Å². The highest BCUT2D eigenvalue weighted by Crippen LogP contribution is 2.18. The first kappa shape index (κ1) is 10.5. The predicted molar refractivity (Wildman–Crippen MR) is 41.0 cm³/mol. The number of nitrogens with zero attached hydrogens (tertiary/aromatic N) is 1. The smallest absolute Gasteiger partial charge is 0.337 e. The van der Waals surface area contributed by atoms with Crippen molar-refractivity contribution in [1.82, 2.24) is 4.98 Å². The number of carbonyl (C=O) groups is 1. The predicted octanol–water partition coefficient (Wildman–Crippen LogP) is 2.19. The van der Waals surface area contributed by atoms with Crippen LogP contribution in [-0.4, -0.2) is 16.1 Å². The van der Waals surface area contributed by atoms with E-state index >= 15 is 0 Å². The monoisotopic (exact) mass is 205 g/mol. The number of carboxylic acid groups (broad SMARTS) is 1. The van der Waals surface area contributed by atoms with E-state index in [2.05, 4.69) is 4.98 Å². The Labute approximate surface area is 77.2 Å². The first-order chi connectivity index (χ1) is 6.56. The summed E-state index contributed by atoms with van der Waals surface area (Å²) in [6.45, 7) is -1.18. The standard InChI is InChI=1S/C8H6F3NO2/c9-3-6-4(8(13)14)1-2-5(12-6)7(10)11/h1-2,7H,3H2,(H,13,14). The quantitative estimate of drug-likeness (QED) is 0.822. The second kappa shape index (κ2) is 4.08. The zero-order valence-corrected chi connectivity index (χ0v) is 6.88. The van der Waals surface area contributed by atoms with Gasteiger partial charge in [-0.1, -0.05) is 0 Å². The Morgan fingerprint density at radius 2 is 2.14 bits per heavy atom. The summed E-state index contributed by atoms with van der Waals surface area (Å²) in [6, 6.07) is 1.79. The van der Waals surface area contributed by atoms with Gasteiger partial charge in [0.15, 0.2) is 0 Å². The average Bonchev–Trinajstić information content (AvgIpc) is 2.16. The normalized spacial score (nSPS) is 10.6. The van der Waals surface area contributed by atoms with Gasteiger partial charge in [0.05, 0.1) is 11.3 Å². The second-order valence-corrected chi connectivity index (χ2v) is 2.47. The van der Waals surface area contributed by atoms with Gasteiger partial charge in [0.1, 0.15) is 12.4 Å². The molecule has 0 saturated carbocycles. The van der Waals surface area contributed by atoms with E-state index in [4.69, 9.17) is 5.11 Å². The Hall–Kier alpha value is -1.59. The summed E-state index contributed by atoms with van der Waals surface area (Å²) in [5.41, 5.74) is -1.49. The van der Waals surface area contributed by atoms with Gasteiger partial charge in [-0.3, -0.25) is 0 Å². The number of halogens is 3. The molecule has 0 radical (unpaired) electrons. The van der Waals surface area contributed by atoms with E-state index in [-0.39, 0.29) is 0 Å². The van der Waals surface area contributed by atoms with Gasteiger partial charge in [-0.25, -0.2) is 22.9 Å². The molecule has 0 saturated heterocycles. The molecule has 3 nitrogen and oxygen atoms in total. The second-order valence-electron chi connectivity index (χ2n) is 2.47. The Balaban J connectivity index is 3.18. The summed E-state index contributed by atoms with van der Waals surface area (Å²) in [7, 11) is 0. The van der Waals surface area contributed by atoms with E-state index in [0.29, 0.717) is 0 Å². The van der Waals surface area contributed by atoms with Crippen LogP contribution in [0.3, 0.4) is 0 Å². The highest BCUT2D eigenvalue weighted by molar-refractivity contribution is 5.88. The van der Waals surface area contributed by atoms with Gasteiger partial charge in [-0.15, -0.1) is 0 Å². The van der Waals surface area contributed by atoms with Crippen molar-refractivity contribution in [2.75, 3.05) is 0 Å². The minimum Gasteiger partial charge on any atom is -0.478 e. The van der Waals surface area contributed by atoms with Gasteiger partial charge in [-0.05, 0) is 12.1 Å². The van der Waals surface area contributed by atoms with Crippen LogP contribution in [0.2, 0.25) is 0 Å². The van der Waals surface area contributed by atoms with E-state index in [1.807, 2.05) is 0 Å². The van der Waals surface area contributed by atoms with Gasteiger partial charge < -0.3 is 5.11 Å². The molecule has 0 atom stereocenters. The molecule has 0 fully saturated rings. The highest BCUT2D eigenvalue weighted by Gasteiger charge is 2.15. The summed E-state index contributed by atoms with van der Waals surface area (Å²) < 4.78 is 36.4. The lowest BCUT2D eigenvalue weighted by Gasteiger charge is -2.03. The SMILES string of the molecule is O=C(O)c1ccc(C(F)F)nc1CF. The van der Waals surface area contributed by atoms with Crippen LogP contribution in [0.5, 0.6) is 0 Å². The Bertz CT molecular complexity index is 354. The van der Waals surface area contributed by atoms with Gasteiger partial charge >= 0.3 is 5.97 Å². The molecule has 1 heterocycles. The fourth-order valence-corrected chi connectivity index (χ4v) is 0.936. The van der Waals surface area contributed by atoms with Gasteiger partial charge in [0.2, 0.25) is 0 Å². The molecule has 1 N–H and O–H groups in total. The summed E-state index contributed by atoms with van der Waals surface area (Å²) in [5, 5.41) is 8.53. The maximum atomic E-state index is 12.2. The number of alkyl halides is 3. The van der Waals surface area contributed by atoms with Crippen molar-refractivity contribution >= 4 is 5.97 Å². The molecule has 0 aliphatic rings. The minimum absolute atomic E-state index is 0.392. The van der Waals surface area contributed by atoms with Crippen LogP contribution in [0.4, 0.5) is 13.2 Å². The van der Waals surface area contributed by atoms with Gasteiger partial charge in [-0.2, -0.15) is 0 Å². The molecule has 1 aromatic rings. The number of aromatic carboxylic acids is 1. The Morgan fingerprint density at radius 3 is 2.57 bits per heavy atom. The van der Waals surface area contributed by atoms with Crippen LogP contribution in [0.25, 0.3) is 0 Å². The third-order valence-corrected chi connectivity index (χ3v) is 1.58. The third-order valence-electron chi connectivity index (χ3n) is 1.58. The molecule has 0 amide bonds. The largest absolute Gasteiger partial charge is 0.478 e. The first-order valence-corrected chi connectivity index (χ1v) is 3.63. The number of hydrogen-bond acceptors (Lipinski definition) is 2. The van der Waals surface area contributed by atoms with Crippen LogP contribution < -0.4 is 0 Å². The number of rotatable bonds is 3. The van der Waals surface area contributed by atoms with Crippen molar-refractivity contribution in [2.24, 2.45) is 0 Å². The lowest BCUT2D eigenvalue weighted by atomic mass is 10.2. The van der Waals surface area contributed by atoms with Crippen LogP contribution in [0, 0.1) is 0 Å². The van der Waals surface area contributed by atoms with Crippen LogP contribution >= 0.6 is 0 Å². The Kier molecular flexibility index (Phi) is 3.06. The molecule has 0 aliphatic heterocycles. The van der Waals surface area contributed by atoms with Gasteiger partial charge in [0.25, 0.3) is 6.43 Å². The number of aromatic nitrogens is 1. The average molecular weight is 205 g/mol. The number of carboxylic acids is 1. The number of pyridine rings is 1. The molecule has 6 heteroatoms. The van der Waals surface area contributed by atoms with E-state index in [1.165, 1.54) is 0 Å².